The van der Waals surface area contributed by atoms with Gasteiger partial charge in [-0.25, -0.2) is 27.3 Å². The molecule has 1 aromatic heterocycles. The number of primary sulfonamides is 1. The number of hydrogen-bond donors (Lipinski definition) is 1. The fourth-order valence-corrected chi connectivity index (χ4v) is 2.04. The van der Waals surface area contributed by atoms with Crippen LogP contribution in [0.25, 0.3) is 0 Å². The third kappa shape index (κ3) is 2.70. The molecule has 0 radical (unpaired) electrons. The van der Waals surface area contributed by atoms with Crippen LogP contribution in [0.4, 0.5) is 8.78 Å². The maximum atomic E-state index is 12.5. The lowest BCUT2D eigenvalue weighted by Crippen LogP contribution is -2.16. The molecule has 0 aliphatic carbocycles. The molecule has 84 valence electrons. The van der Waals surface area contributed by atoms with Gasteiger partial charge in [-0.3, -0.25) is 0 Å². The van der Waals surface area contributed by atoms with Gasteiger partial charge in [0, 0.05) is 0 Å². The summed E-state index contributed by atoms with van der Waals surface area (Å²) in [6.45, 7) is 1.53. The van der Waals surface area contributed by atoms with E-state index in [1.165, 1.54) is 6.92 Å². The molecule has 0 atom stereocenters. The molecular weight excluding hydrogens is 294 g/mol. The summed E-state index contributed by atoms with van der Waals surface area (Å²) >= 11 is 2.94. The van der Waals surface area contributed by atoms with Gasteiger partial charge in [0.05, 0.1) is 0 Å². The van der Waals surface area contributed by atoms with Crippen molar-refractivity contribution >= 4 is 26.0 Å². The van der Waals surface area contributed by atoms with Crippen molar-refractivity contribution in [2.45, 2.75) is 18.2 Å². The highest BCUT2D eigenvalue weighted by atomic mass is 79.9. The minimum Gasteiger partial charge on any atom is -0.238 e. The molecule has 0 saturated heterocycles. The first-order valence-electron chi connectivity index (χ1n) is 3.71. The van der Waals surface area contributed by atoms with E-state index in [-0.39, 0.29) is 4.60 Å². The lowest BCUT2D eigenvalue weighted by atomic mass is 10.3. The van der Waals surface area contributed by atoms with Crippen LogP contribution in [0.5, 0.6) is 0 Å². The highest BCUT2D eigenvalue weighted by Gasteiger charge is 2.23. The second kappa shape index (κ2) is 4.11. The number of rotatable bonds is 2. The Balaban J connectivity index is 3.56. The molecule has 1 aromatic rings. The summed E-state index contributed by atoms with van der Waals surface area (Å²) in [5.74, 6) is 0. The summed E-state index contributed by atoms with van der Waals surface area (Å²) in [6.07, 6.45) is -2.99. The first kappa shape index (κ1) is 12.5. The molecular formula is C7H7BrF2N2O2S. The maximum Gasteiger partial charge on any atom is 0.281 e. The number of halogens is 3. The summed E-state index contributed by atoms with van der Waals surface area (Å²) < 4.78 is 47.1. The lowest BCUT2D eigenvalue weighted by Gasteiger charge is -2.08. The predicted octanol–water partition coefficient (Wildman–Crippen LogP) is 1.74. The van der Waals surface area contributed by atoms with E-state index in [4.69, 9.17) is 5.14 Å². The molecule has 15 heavy (non-hydrogen) atoms. The van der Waals surface area contributed by atoms with Gasteiger partial charge >= 0.3 is 0 Å². The van der Waals surface area contributed by atoms with Crippen LogP contribution in [-0.4, -0.2) is 13.4 Å². The van der Waals surface area contributed by atoms with E-state index in [2.05, 4.69) is 20.9 Å². The zero-order valence-electron chi connectivity index (χ0n) is 7.54. The van der Waals surface area contributed by atoms with Crippen LogP contribution >= 0.6 is 15.9 Å². The first-order chi connectivity index (χ1) is 6.73. The minimum atomic E-state index is -4.18. The molecule has 0 unspecified atom stereocenters. The molecule has 8 heteroatoms. The molecule has 4 nitrogen and oxygen atoms in total. The van der Waals surface area contributed by atoms with E-state index in [0.717, 1.165) is 6.07 Å². The Kier molecular flexibility index (Phi) is 3.41. The fourth-order valence-electron chi connectivity index (χ4n) is 0.963. The highest BCUT2D eigenvalue weighted by Crippen LogP contribution is 2.27. The van der Waals surface area contributed by atoms with Crippen molar-refractivity contribution in [3.8, 4) is 0 Å². The third-order valence-corrected chi connectivity index (χ3v) is 3.40. The molecule has 1 heterocycles. The third-order valence-electron chi connectivity index (χ3n) is 1.66. The Hall–Kier alpha value is -0.600. The minimum absolute atomic E-state index is 0.171. The topological polar surface area (TPSA) is 73.1 Å². The van der Waals surface area contributed by atoms with Crippen LogP contribution in [0.2, 0.25) is 0 Å². The predicted molar refractivity (Wildman–Crippen MR) is 53.0 cm³/mol. The monoisotopic (exact) mass is 300 g/mol. The van der Waals surface area contributed by atoms with E-state index in [1.807, 2.05) is 0 Å². The Morgan fingerprint density at radius 1 is 1.53 bits per heavy atom. The van der Waals surface area contributed by atoms with Crippen molar-refractivity contribution < 1.29 is 17.2 Å². The summed E-state index contributed by atoms with van der Waals surface area (Å²) in [6, 6.07) is 1.06. The van der Waals surface area contributed by atoms with Gasteiger partial charge < -0.3 is 0 Å². The van der Waals surface area contributed by atoms with Crippen molar-refractivity contribution in [3.63, 3.8) is 0 Å². The standard InChI is InChI=1S/C7H7BrF2N2O2S/c1-3-2-4(15(11,13)14)5(7(9)10)12-6(3)8/h2,7H,1H3,(H2,11,13,14). The van der Waals surface area contributed by atoms with Crippen molar-refractivity contribution in [2.24, 2.45) is 5.14 Å². The summed E-state index contributed by atoms with van der Waals surface area (Å²) in [7, 11) is -4.18. The fraction of sp³-hybridized carbons (Fsp3) is 0.286. The van der Waals surface area contributed by atoms with E-state index >= 15 is 0 Å². The number of nitrogens with two attached hydrogens (primary N) is 1. The van der Waals surface area contributed by atoms with Gasteiger partial charge in [0.15, 0.2) is 0 Å². The van der Waals surface area contributed by atoms with Crippen LogP contribution < -0.4 is 5.14 Å². The number of nitrogens with zero attached hydrogens (tertiary/aromatic N) is 1. The van der Waals surface area contributed by atoms with E-state index < -0.39 is 27.0 Å². The van der Waals surface area contributed by atoms with Crippen LogP contribution in [0.1, 0.15) is 17.7 Å². The van der Waals surface area contributed by atoms with Crippen molar-refractivity contribution in [3.05, 3.63) is 21.9 Å². The van der Waals surface area contributed by atoms with Crippen LogP contribution in [-0.2, 0) is 10.0 Å². The average molecular weight is 301 g/mol. The first-order valence-corrected chi connectivity index (χ1v) is 6.05. The largest absolute Gasteiger partial charge is 0.281 e. The van der Waals surface area contributed by atoms with E-state index in [0.29, 0.717) is 5.56 Å². The average Bonchev–Trinajstić information content (AvgIpc) is 2.06. The van der Waals surface area contributed by atoms with Gasteiger partial charge in [0.2, 0.25) is 10.0 Å². The van der Waals surface area contributed by atoms with Gasteiger partial charge in [-0.05, 0) is 34.5 Å². The number of alkyl halides is 2. The van der Waals surface area contributed by atoms with E-state index in [9.17, 15) is 17.2 Å². The Labute approximate surface area is 93.7 Å². The zero-order valence-corrected chi connectivity index (χ0v) is 9.94. The maximum absolute atomic E-state index is 12.5. The number of pyridine rings is 1. The van der Waals surface area contributed by atoms with Gasteiger partial charge in [-0.2, -0.15) is 0 Å². The Morgan fingerprint density at radius 3 is 2.47 bits per heavy atom. The van der Waals surface area contributed by atoms with Crippen LogP contribution in [0, 0.1) is 6.92 Å². The molecule has 0 aliphatic rings. The number of hydrogen-bond acceptors (Lipinski definition) is 3. The number of aromatic nitrogens is 1. The lowest BCUT2D eigenvalue weighted by molar-refractivity contribution is 0.142. The van der Waals surface area contributed by atoms with Gasteiger partial charge in [-0.1, -0.05) is 0 Å². The van der Waals surface area contributed by atoms with Gasteiger partial charge in [-0.15, -0.1) is 0 Å². The Bertz CT molecular complexity index is 490. The molecule has 0 bridgehead atoms. The molecule has 0 spiro atoms. The quantitative estimate of drug-likeness (QED) is 0.846. The number of sulfonamides is 1. The van der Waals surface area contributed by atoms with Crippen molar-refractivity contribution in [1.29, 1.82) is 0 Å². The normalized spacial score (nSPS) is 12.1. The Morgan fingerprint density at radius 2 is 2.07 bits per heavy atom. The van der Waals surface area contributed by atoms with Crippen LogP contribution in [0.15, 0.2) is 15.6 Å². The van der Waals surface area contributed by atoms with Gasteiger partial charge in [0.25, 0.3) is 6.43 Å². The molecule has 0 fully saturated rings. The molecule has 0 aromatic carbocycles. The summed E-state index contributed by atoms with van der Waals surface area (Å²) in [4.78, 5) is 2.81. The molecule has 0 saturated carbocycles. The second-order valence-electron chi connectivity index (χ2n) is 2.83. The number of aryl methyl sites for hydroxylation is 1. The molecule has 0 aliphatic heterocycles. The SMILES string of the molecule is Cc1cc(S(N)(=O)=O)c(C(F)F)nc1Br. The van der Waals surface area contributed by atoms with Gasteiger partial charge in [0.1, 0.15) is 15.2 Å². The zero-order chi connectivity index (χ0) is 11.8. The second-order valence-corrected chi connectivity index (χ2v) is 5.11. The molecule has 0 amide bonds. The van der Waals surface area contributed by atoms with E-state index in [1.54, 1.807) is 0 Å². The van der Waals surface area contributed by atoms with Crippen molar-refractivity contribution in [1.82, 2.24) is 4.98 Å². The summed E-state index contributed by atoms with van der Waals surface area (Å²) in [5.41, 5.74) is -0.418. The molecule has 2 N–H and O–H groups in total. The summed E-state index contributed by atoms with van der Waals surface area (Å²) in [5, 5.41) is 4.80. The smallest absolute Gasteiger partial charge is 0.238 e. The van der Waals surface area contributed by atoms with Crippen molar-refractivity contribution in [2.75, 3.05) is 0 Å². The van der Waals surface area contributed by atoms with Crippen LogP contribution in [0.3, 0.4) is 0 Å². The highest BCUT2D eigenvalue weighted by molar-refractivity contribution is 9.10. The molecule has 1 rings (SSSR count).